The van der Waals surface area contributed by atoms with Gasteiger partial charge in [0.1, 0.15) is 0 Å². The van der Waals surface area contributed by atoms with Gasteiger partial charge in [0.15, 0.2) is 0 Å². The van der Waals surface area contributed by atoms with Crippen molar-refractivity contribution < 1.29 is 0 Å². The number of hydrogen-bond donors (Lipinski definition) is 1. The maximum absolute atomic E-state index is 4.20. The Morgan fingerprint density at radius 1 is 1.26 bits per heavy atom. The fourth-order valence-corrected chi connectivity index (χ4v) is 3.14. The summed E-state index contributed by atoms with van der Waals surface area (Å²) in [6, 6.07) is 11.0. The van der Waals surface area contributed by atoms with Crippen LogP contribution in [0.2, 0.25) is 0 Å². The number of nitrogens with one attached hydrogen (secondary N) is 1. The Morgan fingerprint density at radius 2 is 2.21 bits per heavy atom. The van der Waals surface area contributed by atoms with Crippen LogP contribution in [0.15, 0.2) is 53.5 Å². The summed E-state index contributed by atoms with van der Waals surface area (Å²) in [4.78, 5) is 4.20. The molecule has 0 saturated heterocycles. The maximum atomic E-state index is 4.20. The molecule has 96 valence electrons. The van der Waals surface area contributed by atoms with Crippen LogP contribution in [0.25, 0.3) is 10.8 Å². The van der Waals surface area contributed by atoms with E-state index in [0.29, 0.717) is 0 Å². The molecule has 1 unspecified atom stereocenters. The first kappa shape index (κ1) is 12.3. The van der Waals surface area contributed by atoms with Crippen LogP contribution in [-0.2, 0) is 0 Å². The van der Waals surface area contributed by atoms with Crippen LogP contribution in [0.1, 0.15) is 24.1 Å². The summed E-state index contributed by atoms with van der Waals surface area (Å²) in [7, 11) is 0. The fraction of sp³-hybridized carbons (Fsp3) is 0.188. The van der Waals surface area contributed by atoms with Crippen molar-refractivity contribution in [2.24, 2.45) is 0 Å². The molecule has 0 spiro atoms. The lowest BCUT2D eigenvalue weighted by Gasteiger charge is -2.19. The topological polar surface area (TPSA) is 24.9 Å². The van der Waals surface area contributed by atoms with E-state index >= 15 is 0 Å². The van der Waals surface area contributed by atoms with Gasteiger partial charge in [-0.3, -0.25) is 4.98 Å². The Hall–Kier alpha value is -1.71. The third-order valence-corrected chi connectivity index (χ3v) is 4.01. The Morgan fingerprint density at radius 3 is 3.00 bits per heavy atom. The number of thiophene rings is 1. The molecule has 3 rings (SSSR count). The van der Waals surface area contributed by atoms with Crippen LogP contribution in [0.5, 0.6) is 0 Å². The highest BCUT2D eigenvalue weighted by atomic mass is 32.1. The monoisotopic (exact) mass is 268 g/mol. The predicted octanol–water partition coefficient (Wildman–Crippen LogP) is 4.00. The normalized spacial score (nSPS) is 12.7. The second-order valence-electron chi connectivity index (χ2n) is 4.49. The summed E-state index contributed by atoms with van der Waals surface area (Å²) in [6.45, 7) is 3.09. The zero-order valence-corrected chi connectivity index (χ0v) is 11.7. The molecular formula is C16H16N2S. The molecule has 1 N–H and O–H groups in total. The highest BCUT2D eigenvalue weighted by molar-refractivity contribution is 7.08. The van der Waals surface area contributed by atoms with Crippen molar-refractivity contribution in [1.29, 1.82) is 0 Å². The molecule has 2 nitrogen and oxygen atoms in total. The molecule has 0 saturated carbocycles. The molecule has 0 bridgehead atoms. The molecule has 19 heavy (non-hydrogen) atoms. The zero-order valence-electron chi connectivity index (χ0n) is 10.8. The minimum Gasteiger partial charge on any atom is -0.306 e. The number of aromatic nitrogens is 1. The summed E-state index contributed by atoms with van der Waals surface area (Å²) in [5.74, 6) is 0. The summed E-state index contributed by atoms with van der Waals surface area (Å²) in [5, 5.41) is 10.4. The molecule has 0 radical (unpaired) electrons. The lowest BCUT2D eigenvalue weighted by molar-refractivity contribution is 0.636. The second kappa shape index (κ2) is 5.51. The Kier molecular flexibility index (Phi) is 3.58. The van der Waals surface area contributed by atoms with Crippen molar-refractivity contribution in [3.63, 3.8) is 0 Å². The molecule has 0 fully saturated rings. The summed E-state index contributed by atoms with van der Waals surface area (Å²) < 4.78 is 0. The first-order chi connectivity index (χ1) is 9.40. The highest BCUT2D eigenvalue weighted by Crippen LogP contribution is 2.29. The van der Waals surface area contributed by atoms with E-state index in [1.165, 1.54) is 21.9 Å². The van der Waals surface area contributed by atoms with Crippen LogP contribution in [0.3, 0.4) is 0 Å². The predicted molar refractivity (Wildman–Crippen MR) is 81.6 cm³/mol. The molecule has 1 aromatic carbocycles. The van der Waals surface area contributed by atoms with Gasteiger partial charge in [0.25, 0.3) is 0 Å². The van der Waals surface area contributed by atoms with E-state index in [1.807, 2.05) is 12.4 Å². The van der Waals surface area contributed by atoms with Crippen molar-refractivity contribution in [3.8, 4) is 0 Å². The Labute approximate surface area is 117 Å². The third-order valence-electron chi connectivity index (χ3n) is 3.31. The highest BCUT2D eigenvalue weighted by Gasteiger charge is 2.15. The van der Waals surface area contributed by atoms with Gasteiger partial charge in [0, 0.05) is 17.8 Å². The van der Waals surface area contributed by atoms with Crippen LogP contribution in [0, 0.1) is 0 Å². The van der Waals surface area contributed by atoms with Crippen molar-refractivity contribution in [3.05, 3.63) is 64.6 Å². The molecule has 3 heteroatoms. The minimum atomic E-state index is 0.252. The first-order valence-corrected chi connectivity index (χ1v) is 7.42. The second-order valence-corrected chi connectivity index (χ2v) is 5.27. The lowest BCUT2D eigenvalue weighted by atomic mass is 9.96. The number of pyridine rings is 1. The Balaban J connectivity index is 2.15. The SMILES string of the molecule is CCNC(c1ccsc1)c1cccc2cnccc12. The fourth-order valence-electron chi connectivity index (χ4n) is 2.45. The molecule has 0 amide bonds. The van der Waals surface area contributed by atoms with Gasteiger partial charge in [0.05, 0.1) is 6.04 Å². The number of rotatable bonds is 4. The minimum absolute atomic E-state index is 0.252. The quantitative estimate of drug-likeness (QED) is 0.773. The van der Waals surface area contributed by atoms with Crippen molar-refractivity contribution in [2.75, 3.05) is 6.54 Å². The van der Waals surface area contributed by atoms with Crippen molar-refractivity contribution in [1.82, 2.24) is 10.3 Å². The molecule has 0 aliphatic heterocycles. The van der Waals surface area contributed by atoms with E-state index in [9.17, 15) is 0 Å². The van der Waals surface area contributed by atoms with Crippen molar-refractivity contribution >= 4 is 22.1 Å². The van der Waals surface area contributed by atoms with E-state index in [1.54, 1.807) is 11.3 Å². The van der Waals surface area contributed by atoms with Crippen LogP contribution < -0.4 is 5.32 Å². The van der Waals surface area contributed by atoms with E-state index in [-0.39, 0.29) is 6.04 Å². The Bertz CT molecular complexity index is 656. The summed E-state index contributed by atoms with van der Waals surface area (Å²) in [6.07, 6.45) is 3.79. The van der Waals surface area contributed by atoms with E-state index in [0.717, 1.165) is 6.54 Å². The third kappa shape index (κ3) is 2.39. The maximum Gasteiger partial charge on any atom is 0.0590 e. The number of hydrogen-bond acceptors (Lipinski definition) is 3. The van der Waals surface area contributed by atoms with Gasteiger partial charge in [-0.2, -0.15) is 11.3 Å². The van der Waals surface area contributed by atoms with Gasteiger partial charge in [-0.15, -0.1) is 0 Å². The molecule has 0 aliphatic carbocycles. The molecule has 2 heterocycles. The van der Waals surface area contributed by atoms with Gasteiger partial charge in [-0.05, 0) is 46.0 Å². The average Bonchev–Trinajstić information content (AvgIpc) is 2.98. The standard InChI is InChI=1S/C16H16N2S/c1-2-18-16(13-7-9-19-11-13)15-5-3-4-12-10-17-8-6-14(12)15/h3-11,16,18H,2H2,1H3. The average molecular weight is 268 g/mol. The zero-order chi connectivity index (χ0) is 13.1. The molecule has 3 aromatic rings. The van der Waals surface area contributed by atoms with E-state index in [4.69, 9.17) is 0 Å². The van der Waals surface area contributed by atoms with E-state index in [2.05, 4.69) is 58.3 Å². The van der Waals surface area contributed by atoms with Gasteiger partial charge in [-0.25, -0.2) is 0 Å². The number of benzene rings is 1. The smallest absolute Gasteiger partial charge is 0.0590 e. The van der Waals surface area contributed by atoms with Crippen LogP contribution >= 0.6 is 11.3 Å². The lowest BCUT2D eigenvalue weighted by Crippen LogP contribution is -2.21. The van der Waals surface area contributed by atoms with Gasteiger partial charge in [-0.1, -0.05) is 25.1 Å². The molecule has 2 aromatic heterocycles. The van der Waals surface area contributed by atoms with Crippen LogP contribution in [0.4, 0.5) is 0 Å². The first-order valence-electron chi connectivity index (χ1n) is 6.48. The molecular weight excluding hydrogens is 252 g/mol. The van der Waals surface area contributed by atoms with E-state index < -0.39 is 0 Å². The van der Waals surface area contributed by atoms with Crippen LogP contribution in [-0.4, -0.2) is 11.5 Å². The van der Waals surface area contributed by atoms with Crippen molar-refractivity contribution in [2.45, 2.75) is 13.0 Å². The molecule has 0 aliphatic rings. The summed E-state index contributed by atoms with van der Waals surface area (Å²) in [5.41, 5.74) is 2.65. The molecule has 1 atom stereocenters. The number of nitrogens with zero attached hydrogens (tertiary/aromatic N) is 1. The largest absolute Gasteiger partial charge is 0.306 e. The number of fused-ring (bicyclic) bond motifs is 1. The van der Waals surface area contributed by atoms with Gasteiger partial charge in [0.2, 0.25) is 0 Å². The van der Waals surface area contributed by atoms with Gasteiger partial charge < -0.3 is 5.32 Å². The van der Waals surface area contributed by atoms with Gasteiger partial charge >= 0.3 is 0 Å². The summed E-state index contributed by atoms with van der Waals surface area (Å²) >= 11 is 1.74.